The molecular formula is C15H17BrOS. The molecule has 1 nitrogen and oxygen atoms in total. The summed E-state index contributed by atoms with van der Waals surface area (Å²) in [6, 6.07) is 6.35. The lowest BCUT2D eigenvalue weighted by Crippen LogP contribution is -2.04. The summed E-state index contributed by atoms with van der Waals surface area (Å²) in [6.45, 7) is 6.34. The molecule has 1 heterocycles. The van der Waals surface area contributed by atoms with E-state index in [1.165, 1.54) is 22.3 Å². The van der Waals surface area contributed by atoms with Gasteiger partial charge in [-0.05, 0) is 70.4 Å². The third-order valence-corrected chi connectivity index (χ3v) is 4.73. The molecule has 2 aromatic rings. The average Bonchev–Trinajstić information content (AvgIpc) is 2.70. The molecule has 0 aliphatic rings. The van der Waals surface area contributed by atoms with Crippen molar-refractivity contribution >= 4 is 27.3 Å². The monoisotopic (exact) mass is 324 g/mol. The summed E-state index contributed by atoms with van der Waals surface area (Å²) in [4.78, 5) is 0. The minimum atomic E-state index is -0.423. The maximum absolute atomic E-state index is 10.3. The Hall–Kier alpha value is -0.640. The van der Waals surface area contributed by atoms with Crippen LogP contribution >= 0.6 is 27.3 Å². The molecule has 1 aromatic carbocycles. The number of hydrogen-bond donors (Lipinski definition) is 1. The van der Waals surface area contributed by atoms with Crippen molar-refractivity contribution in [2.24, 2.45) is 0 Å². The van der Waals surface area contributed by atoms with Crippen LogP contribution in [0, 0.1) is 20.8 Å². The van der Waals surface area contributed by atoms with Gasteiger partial charge in [-0.25, -0.2) is 0 Å². The van der Waals surface area contributed by atoms with Gasteiger partial charge in [0.15, 0.2) is 0 Å². The van der Waals surface area contributed by atoms with Gasteiger partial charge in [-0.2, -0.15) is 0 Å². The number of benzene rings is 1. The number of aryl methyl sites for hydroxylation is 3. The largest absolute Gasteiger partial charge is 0.388 e. The lowest BCUT2D eigenvalue weighted by atomic mass is 9.94. The minimum Gasteiger partial charge on any atom is -0.388 e. The van der Waals surface area contributed by atoms with E-state index < -0.39 is 6.10 Å². The first-order valence-corrected chi connectivity index (χ1v) is 7.63. The van der Waals surface area contributed by atoms with Crippen molar-refractivity contribution < 1.29 is 5.11 Å². The van der Waals surface area contributed by atoms with Crippen LogP contribution < -0.4 is 0 Å². The molecule has 96 valence electrons. The van der Waals surface area contributed by atoms with Crippen molar-refractivity contribution in [1.82, 2.24) is 0 Å². The summed E-state index contributed by atoms with van der Waals surface area (Å²) in [7, 11) is 0. The Labute approximate surface area is 121 Å². The van der Waals surface area contributed by atoms with Crippen LogP contribution in [0.4, 0.5) is 0 Å². The second kappa shape index (κ2) is 5.55. The Morgan fingerprint density at radius 1 is 1.17 bits per heavy atom. The normalized spacial score (nSPS) is 12.7. The minimum absolute atomic E-state index is 0.423. The van der Waals surface area contributed by atoms with Crippen LogP contribution in [-0.4, -0.2) is 5.11 Å². The standard InChI is InChI=1S/C15H17BrOS/c1-9-4-10(2)13(11(3)5-9)7-14(17)12-6-15(16)18-8-12/h4-6,8,14,17H,7H2,1-3H3. The zero-order chi connectivity index (χ0) is 13.3. The molecule has 1 aromatic heterocycles. The average molecular weight is 325 g/mol. The van der Waals surface area contributed by atoms with E-state index in [2.05, 4.69) is 48.8 Å². The van der Waals surface area contributed by atoms with E-state index in [-0.39, 0.29) is 0 Å². The van der Waals surface area contributed by atoms with Gasteiger partial charge >= 0.3 is 0 Å². The molecule has 0 aliphatic heterocycles. The Balaban J connectivity index is 2.24. The first-order chi connectivity index (χ1) is 8.47. The molecule has 0 saturated carbocycles. The first-order valence-electron chi connectivity index (χ1n) is 5.96. The van der Waals surface area contributed by atoms with Gasteiger partial charge in [0.05, 0.1) is 9.89 Å². The Bertz CT molecular complexity index is 536. The van der Waals surface area contributed by atoms with Crippen molar-refractivity contribution in [2.75, 3.05) is 0 Å². The molecule has 0 radical (unpaired) electrons. The second-order valence-electron chi connectivity index (χ2n) is 4.78. The van der Waals surface area contributed by atoms with Crippen LogP contribution in [0.15, 0.2) is 27.4 Å². The highest BCUT2D eigenvalue weighted by molar-refractivity contribution is 9.11. The fourth-order valence-electron chi connectivity index (χ4n) is 2.34. The summed E-state index contributed by atoms with van der Waals surface area (Å²) in [6.07, 6.45) is 0.258. The summed E-state index contributed by atoms with van der Waals surface area (Å²) < 4.78 is 1.06. The van der Waals surface area contributed by atoms with Crippen LogP contribution in [0.3, 0.4) is 0 Å². The first kappa shape index (κ1) is 13.8. The number of halogens is 1. The highest BCUT2D eigenvalue weighted by Crippen LogP contribution is 2.29. The lowest BCUT2D eigenvalue weighted by molar-refractivity contribution is 0.178. The van der Waals surface area contributed by atoms with E-state index >= 15 is 0 Å². The van der Waals surface area contributed by atoms with Gasteiger partial charge in [-0.1, -0.05) is 17.7 Å². The maximum atomic E-state index is 10.3. The van der Waals surface area contributed by atoms with Crippen LogP contribution in [0.25, 0.3) is 0 Å². The molecule has 1 unspecified atom stereocenters. The van der Waals surface area contributed by atoms with Crippen molar-refractivity contribution in [3.63, 3.8) is 0 Å². The zero-order valence-corrected chi connectivity index (χ0v) is 13.2. The van der Waals surface area contributed by atoms with Gasteiger partial charge in [0.2, 0.25) is 0 Å². The highest BCUT2D eigenvalue weighted by atomic mass is 79.9. The smallest absolute Gasteiger partial charge is 0.0839 e. The van der Waals surface area contributed by atoms with E-state index in [1.54, 1.807) is 11.3 Å². The summed E-state index contributed by atoms with van der Waals surface area (Å²) >= 11 is 5.04. The van der Waals surface area contributed by atoms with Gasteiger partial charge in [-0.15, -0.1) is 11.3 Å². The Morgan fingerprint density at radius 3 is 2.28 bits per heavy atom. The molecule has 2 rings (SSSR count). The van der Waals surface area contributed by atoms with Crippen LogP contribution in [-0.2, 0) is 6.42 Å². The number of hydrogen-bond acceptors (Lipinski definition) is 2. The lowest BCUT2D eigenvalue weighted by Gasteiger charge is -2.15. The zero-order valence-electron chi connectivity index (χ0n) is 10.8. The van der Waals surface area contributed by atoms with E-state index in [1.807, 2.05) is 11.4 Å². The fourth-order valence-corrected chi connectivity index (χ4v) is 3.56. The van der Waals surface area contributed by atoms with Gasteiger partial charge in [0, 0.05) is 6.42 Å². The highest BCUT2D eigenvalue weighted by Gasteiger charge is 2.13. The quantitative estimate of drug-likeness (QED) is 0.866. The molecule has 1 atom stereocenters. The third-order valence-electron chi connectivity index (χ3n) is 3.21. The molecule has 0 fully saturated rings. The molecule has 3 heteroatoms. The molecule has 1 N–H and O–H groups in total. The van der Waals surface area contributed by atoms with E-state index in [4.69, 9.17) is 0 Å². The van der Waals surface area contributed by atoms with Gasteiger partial charge in [0.1, 0.15) is 0 Å². The van der Waals surface area contributed by atoms with Crippen molar-refractivity contribution in [3.8, 4) is 0 Å². The molecule has 0 spiro atoms. The fraction of sp³-hybridized carbons (Fsp3) is 0.333. The number of thiophene rings is 1. The molecule has 18 heavy (non-hydrogen) atoms. The SMILES string of the molecule is Cc1cc(C)c(CC(O)c2csc(Br)c2)c(C)c1. The number of aliphatic hydroxyl groups excluding tert-OH is 1. The molecule has 0 aliphatic carbocycles. The third kappa shape index (κ3) is 3.02. The summed E-state index contributed by atoms with van der Waals surface area (Å²) in [5.74, 6) is 0. The molecule has 0 amide bonds. The summed E-state index contributed by atoms with van der Waals surface area (Å²) in [5.41, 5.74) is 6.06. The summed E-state index contributed by atoms with van der Waals surface area (Å²) in [5, 5.41) is 12.3. The number of aliphatic hydroxyl groups is 1. The maximum Gasteiger partial charge on any atom is 0.0839 e. The molecule has 0 bridgehead atoms. The number of rotatable bonds is 3. The van der Waals surface area contributed by atoms with E-state index in [0.29, 0.717) is 6.42 Å². The van der Waals surface area contributed by atoms with Crippen molar-refractivity contribution in [2.45, 2.75) is 33.3 Å². The second-order valence-corrected chi connectivity index (χ2v) is 7.07. The van der Waals surface area contributed by atoms with Crippen molar-refractivity contribution in [1.29, 1.82) is 0 Å². The van der Waals surface area contributed by atoms with Gasteiger partial charge < -0.3 is 5.11 Å². The Kier molecular flexibility index (Phi) is 4.25. The topological polar surface area (TPSA) is 20.2 Å². The van der Waals surface area contributed by atoms with Gasteiger partial charge in [-0.3, -0.25) is 0 Å². The molecule has 0 saturated heterocycles. The Morgan fingerprint density at radius 2 is 1.78 bits per heavy atom. The van der Waals surface area contributed by atoms with E-state index in [9.17, 15) is 5.11 Å². The van der Waals surface area contributed by atoms with Crippen LogP contribution in [0.1, 0.15) is 33.9 Å². The van der Waals surface area contributed by atoms with Crippen LogP contribution in [0.5, 0.6) is 0 Å². The predicted molar refractivity (Wildman–Crippen MR) is 81.3 cm³/mol. The predicted octanol–water partition coefficient (Wildman–Crippen LogP) is 4.71. The van der Waals surface area contributed by atoms with Crippen molar-refractivity contribution in [3.05, 3.63) is 55.2 Å². The van der Waals surface area contributed by atoms with E-state index in [0.717, 1.165) is 9.35 Å². The van der Waals surface area contributed by atoms with Gasteiger partial charge in [0.25, 0.3) is 0 Å². The molecular weight excluding hydrogens is 308 g/mol. The van der Waals surface area contributed by atoms with Crippen LogP contribution in [0.2, 0.25) is 0 Å².